The highest BCUT2D eigenvalue weighted by molar-refractivity contribution is 5.90. The summed E-state index contributed by atoms with van der Waals surface area (Å²) in [5.41, 5.74) is 1.78. The Morgan fingerprint density at radius 3 is 2.57 bits per heavy atom. The van der Waals surface area contributed by atoms with Gasteiger partial charge in [0.1, 0.15) is 5.82 Å². The highest BCUT2D eigenvalue weighted by atomic mass is 19.1. The van der Waals surface area contributed by atoms with E-state index in [0.717, 1.165) is 5.56 Å². The summed E-state index contributed by atoms with van der Waals surface area (Å²) in [5.74, 6) is -0.494. The van der Waals surface area contributed by atoms with Crippen molar-refractivity contribution in [2.75, 3.05) is 11.9 Å². The third kappa shape index (κ3) is 4.03. The summed E-state index contributed by atoms with van der Waals surface area (Å²) in [4.78, 5) is 11.8. The summed E-state index contributed by atoms with van der Waals surface area (Å²) >= 11 is 0. The van der Waals surface area contributed by atoms with Gasteiger partial charge in [-0.2, -0.15) is 0 Å². The number of aryl methyl sites for hydroxylation is 1. The quantitative estimate of drug-likeness (QED) is 0.810. The van der Waals surface area contributed by atoms with Crippen LogP contribution in [0.1, 0.15) is 17.2 Å². The van der Waals surface area contributed by atoms with Gasteiger partial charge in [0, 0.05) is 17.8 Å². The fourth-order valence-corrected chi connectivity index (χ4v) is 1.92. The third-order valence-electron chi connectivity index (χ3n) is 3.11. The first-order chi connectivity index (χ1) is 10.1. The van der Waals surface area contributed by atoms with Crippen LogP contribution in [-0.2, 0) is 0 Å². The maximum absolute atomic E-state index is 13.5. The molecule has 4 nitrogen and oxygen atoms in total. The Morgan fingerprint density at radius 2 is 1.86 bits per heavy atom. The van der Waals surface area contributed by atoms with Gasteiger partial charge < -0.3 is 15.7 Å². The molecule has 0 aromatic heterocycles. The van der Waals surface area contributed by atoms with E-state index in [-0.39, 0.29) is 12.1 Å². The number of hydrogen-bond acceptors (Lipinski definition) is 2. The largest absolute Gasteiger partial charge is 0.386 e. The summed E-state index contributed by atoms with van der Waals surface area (Å²) in [6, 6.07) is 12.8. The number of carbonyl (C=O) groups is 1. The van der Waals surface area contributed by atoms with E-state index in [1.807, 2.05) is 25.1 Å². The second-order valence-corrected chi connectivity index (χ2v) is 4.69. The van der Waals surface area contributed by atoms with Crippen molar-refractivity contribution in [1.82, 2.24) is 5.32 Å². The van der Waals surface area contributed by atoms with Crippen LogP contribution in [0, 0.1) is 12.7 Å². The number of aliphatic hydroxyl groups is 1. The minimum Gasteiger partial charge on any atom is -0.386 e. The molecule has 0 radical (unpaired) electrons. The second-order valence-electron chi connectivity index (χ2n) is 4.69. The van der Waals surface area contributed by atoms with Gasteiger partial charge in [-0.25, -0.2) is 9.18 Å². The molecule has 2 rings (SSSR count). The molecule has 0 spiro atoms. The smallest absolute Gasteiger partial charge is 0.319 e. The Hall–Kier alpha value is -2.40. The minimum absolute atomic E-state index is 0.0708. The summed E-state index contributed by atoms with van der Waals surface area (Å²) in [5, 5.41) is 15.1. The van der Waals surface area contributed by atoms with Gasteiger partial charge in [-0.15, -0.1) is 0 Å². The van der Waals surface area contributed by atoms with Crippen molar-refractivity contribution in [1.29, 1.82) is 0 Å². The fraction of sp³-hybridized carbons (Fsp3) is 0.188. The van der Waals surface area contributed by atoms with Crippen molar-refractivity contribution in [3.05, 3.63) is 65.5 Å². The molecular weight excluding hydrogens is 271 g/mol. The maximum atomic E-state index is 13.5. The first-order valence-electron chi connectivity index (χ1n) is 6.61. The van der Waals surface area contributed by atoms with E-state index in [4.69, 9.17) is 0 Å². The lowest BCUT2D eigenvalue weighted by Gasteiger charge is -2.14. The van der Waals surface area contributed by atoms with E-state index in [9.17, 15) is 14.3 Å². The number of amides is 2. The third-order valence-corrected chi connectivity index (χ3v) is 3.11. The lowest BCUT2D eigenvalue weighted by Crippen LogP contribution is -2.32. The van der Waals surface area contributed by atoms with Crippen molar-refractivity contribution in [3.8, 4) is 0 Å². The van der Waals surface area contributed by atoms with E-state index >= 15 is 0 Å². The normalized spacial score (nSPS) is 11.8. The number of rotatable bonds is 4. The Bertz CT molecular complexity index is 631. The zero-order valence-corrected chi connectivity index (χ0v) is 11.6. The van der Waals surface area contributed by atoms with Crippen molar-refractivity contribution in [3.63, 3.8) is 0 Å². The van der Waals surface area contributed by atoms with Gasteiger partial charge in [0.05, 0.1) is 6.10 Å². The average Bonchev–Trinajstić information content (AvgIpc) is 2.48. The first-order valence-corrected chi connectivity index (χ1v) is 6.61. The van der Waals surface area contributed by atoms with Gasteiger partial charge in [-0.1, -0.05) is 36.4 Å². The monoisotopic (exact) mass is 288 g/mol. The van der Waals surface area contributed by atoms with E-state index < -0.39 is 18.0 Å². The molecule has 0 fully saturated rings. The Kier molecular flexibility index (Phi) is 4.90. The maximum Gasteiger partial charge on any atom is 0.319 e. The summed E-state index contributed by atoms with van der Waals surface area (Å²) < 4.78 is 13.5. The number of carbonyl (C=O) groups excluding carboxylic acids is 1. The van der Waals surface area contributed by atoms with Gasteiger partial charge in [-0.05, 0) is 24.6 Å². The van der Waals surface area contributed by atoms with Gasteiger partial charge in [-0.3, -0.25) is 0 Å². The fourth-order valence-electron chi connectivity index (χ4n) is 1.92. The van der Waals surface area contributed by atoms with E-state index in [0.29, 0.717) is 5.69 Å². The van der Waals surface area contributed by atoms with Crippen LogP contribution in [0.2, 0.25) is 0 Å². The lowest BCUT2D eigenvalue weighted by molar-refractivity contribution is 0.170. The van der Waals surface area contributed by atoms with Crippen molar-refractivity contribution >= 4 is 11.7 Å². The zero-order valence-electron chi connectivity index (χ0n) is 11.6. The molecule has 0 saturated heterocycles. The van der Waals surface area contributed by atoms with Crippen LogP contribution >= 0.6 is 0 Å². The molecule has 1 unspecified atom stereocenters. The van der Waals surface area contributed by atoms with E-state index in [1.165, 1.54) is 12.1 Å². The Labute approximate surface area is 122 Å². The van der Waals surface area contributed by atoms with Gasteiger partial charge >= 0.3 is 6.03 Å². The minimum atomic E-state index is -1.09. The molecule has 110 valence electrons. The molecule has 2 amide bonds. The van der Waals surface area contributed by atoms with E-state index in [2.05, 4.69) is 10.6 Å². The summed E-state index contributed by atoms with van der Waals surface area (Å²) in [7, 11) is 0. The Morgan fingerprint density at radius 1 is 1.19 bits per heavy atom. The molecule has 0 aliphatic rings. The predicted octanol–water partition coefficient (Wildman–Crippen LogP) is 2.99. The number of halogens is 1. The molecule has 0 bridgehead atoms. The summed E-state index contributed by atoms with van der Waals surface area (Å²) in [6.07, 6.45) is -1.09. The summed E-state index contributed by atoms with van der Waals surface area (Å²) in [6.45, 7) is 1.81. The SMILES string of the molecule is Cc1ccccc1NC(=O)NCC(O)c1ccccc1F. The van der Waals surface area contributed by atoms with Crippen LogP contribution in [0.4, 0.5) is 14.9 Å². The molecule has 0 saturated carbocycles. The topological polar surface area (TPSA) is 61.4 Å². The van der Waals surface area contributed by atoms with Gasteiger partial charge in [0.25, 0.3) is 0 Å². The number of benzene rings is 2. The molecular formula is C16H17FN2O2. The Balaban J connectivity index is 1.90. The predicted molar refractivity (Wildman–Crippen MR) is 79.6 cm³/mol. The molecule has 0 heterocycles. The van der Waals surface area contributed by atoms with Crippen molar-refractivity contribution < 1.29 is 14.3 Å². The van der Waals surface area contributed by atoms with Crippen LogP contribution in [0.3, 0.4) is 0 Å². The lowest BCUT2D eigenvalue weighted by atomic mass is 10.1. The molecule has 1 atom stereocenters. The number of anilines is 1. The van der Waals surface area contributed by atoms with E-state index in [1.54, 1.807) is 18.2 Å². The van der Waals surface area contributed by atoms with Crippen LogP contribution in [-0.4, -0.2) is 17.7 Å². The zero-order chi connectivity index (χ0) is 15.2. The van der Waals surface area contributed by atoms with Crippen LogP contribution in [0.5, 0.6) is 0 Å². The van der Waals surface area contributed by atoms with Crippen LogP contribution in [0.25, 0.3) is 0 Å². The molecule has 3 N–H and O–H groups in total. The number of aliphatic hydroxyl groups excluding tert-OH is 1. The second kappa shape index (κ2) is 6.85. The number of hydrogen-bond donors (Lipinski definition) is 3. The highest BCUT2D eigenvalue weighted by Gasteiger charge is 2.13. The number of nitrogens with one attached hydrogen (secondary N) is 2. The van der Waals surface area contributed by atoms with Crippen LogP contribution < -0.4 is 10.6 Å². The molecule has 0 aliphatic heterocycles. The molecule has 0 aliphatic carbocycles. The van der Waals surface area contributed by atoms with Crippen molar-refractivity contribution in [2.24, 2.45) is 0 Å². The molecule has 2 aromatic carbocycles. The molecule has 2 aromatic rings. The molecule has 21 heavy (non-hydrogen) atoms. The van der Waals surface area contributed by atoms with Crippen LogP contribution in [0.15, 0.2) is 48.5 Å². The standard InChI is InChI=1S/C16H17FN2O2/c1-11-6-2-5-9-14(11)19-16(21)18-10-15(20)12-7-3-4-8-13(12)17/h2-9,15,20H,10H2,1H3,(H2,18,19,21). The molecule has 5 heteroatoms. The van der Waals surface area contributed by atoms with Gasteiger partial charge in [0.15, 0.2) is 0 Å². The number of para-hydroxylation sites is 1. The first kappa shape index (κ1) is 15.0. The average molecular weight is 288 g/mol. The van der Waals surface area contributed by atoms with Crippen molar-refractivity contribution in [2.45, 2.75) is 13.0 Å². The highest BCUT2D eigenvalue weighted by Crippen LogP contribution is 2.16. The number of urea groups is 1. The van der Waals surface area contributed by atoms with Gasteiger partial charge in [0.2, 0.25) is 0 Å².